The SMILES string of the molecule is OC1(O)C[CH]CC1. The molecular formula is C5H9O2. The van der Waals surface area contributed by atoms with Crippen molar-refractivity contribution in [2.24, 2.45) is 0 Å². The fourth-order valence-corrected chi connectivity index (χ4v) is 0.769. The zero-order chi connectivity index (χ0) is 5.33. The lowest BCUT2D eigenvalue weighted by Gasteiger charge is -2.11. The lowest BCUT2D eigenvalue weighted by atomic mass is 10.2. The molecule has 2 heteroatoms. The summed E-state index contributed by atoms with van der Waals surface area (Å²) >= 11 is 0. The Morgan fingerprint density at radius 3 is 2.29 bits per heavy atom. The summed E-state index contributed by atoms with van der Waals surface area (Å²) in [6.45, 7) is 0. The van der Waals surface area contributed by atoms with Crippen molar-refractivity contribution in [1.82, 2.24) is 0 Å². The third-order valence-corrected chi connectivity index (χ3v) is 1.22. The van der Waals surface area contributed by atoms with Crippen LogP contribution in [0.2, 0.25) is 0 Å². The van der Waals surface area contributed by atoms with Gasteiger partial charge in [-0.2, -0.15) is 0 Å². The molecule has 0 unspecified atom stereocenters. The first-order valence-electron chi connectivity index (χ1n) is 2.47. The molecule has 41 valence electrons. The van der Waals surface area contributed by atoms with Crippen molar-refractivity contribution in [2.75, 3.05) is 0 Å². The van der Waals surface area contributed by atoms with E-state index in [0.29, 0.717) is 12.8 Å². The third-order valence-electron chi connectivity index (χ3n) is 1.22. The van der Waals surface area contributed by atoms with Gasteiger partial charge in [-0.3, -0.25) is 0 Å². The second kappa shape index (κ2) is 1.46. The number of hydrogen-bond donors (Lipinski definition) is 2. The van der Waals surface area contributed by atoms with E-state index in [4.69, 9.17) is 10.2 Å². The van der Waals surface area contributed by atoms with E-state index in [2.05, 4.69) is 0 Å². The number of hydrogen-bond acceptors (Lipinski definition) is 2. The van der Waals surface area contributed by atoms with Crippen LogP contribution in [0.25, 0.3) is 0 Å². The van der Waals surface area contributed by atoms with Crippen molar-refractivity contribution in [3.63, 3.8) is 0 Å². The van der Waals surface area contributed by atoms with Gasteiger partial charge in [-0.1, -0.05) is 0 Å². The van der Waals surface area contributed by atoms with E-state index >= 15 is 0 Å². The molecule has 1 saturated carbocycles. The molecule has 1 rings (SSSR count). The average Bonchev–Trinajstić information content (AvgIpc) is 1.84. The first-order valence-corrected chi connectivity index (χ1v) is 2.47. The standard InChI is InChI=1S/C5H9O2/c6-5(7)3-1-2-4-5/h1,6-7H,2-4H2. The Balaban J connectivity index is 2.40. The highest BCUT2D eigenvalue weighted by atomic mass is 16.5. The Hall–Kier alpha value is -0.0800. The average molecular weight is 101 g/mol. The summed E-state index contributed by atoms with van der Waals surface area (Å²) in [5.41, 5.74) is 0. The zero-order valence-electron chi connectivity index (χ0n) is 4.09. The predicted molar refractivity (Wildman–Crippen MR) is 25.3 cm³/mol. The summed E-state index contributed by atoms with van der Waals surface area (Å²) in [5.74, 6) is -1.36. The molecule has 0 spiro atoms. The van der Waals surface area contributed by atoms with Gasteiger partial charge in [0.1, 0.15) is 0 Å². The van der Waals surface area contributed by atoms with Crippen molar-refractivity contribution in [3.8, 4) is 0 Å². The highest BCUT2D eigenvalue weighted by Crippen LogP contribution is 2.24. The largest absolute Gasteiger partial charge is 0.366 e. The number of rotatable bonds is 0. The van der Waals surface area contributed by atoms with E-state index in [1.54, 1.807) is 0 Å². The van der Waals surface area contributed by atoms with Crippen molar-refractivity contribution in [1.29, 1.82) is 0 Å². The fraction of sp³-hybridized carbons (Fsp3) is 0.800. The van der Waals surface area contributed by atoms with Crippen LogP contribution in [0, 0.1) is 6.42 Å². The predicted octanol–water partition coefficient (Wildman–Crippen LogP) is 0.0555. The van der Waals surface area contributed by atoms with Crippen LogP contribution in [0.4, 0.5) is 0 Å². The van der Waals surface area contributed by atoms with Crippen molar-refractivity contribution >= 4 is 0 Å². The monoisotopic (exact) mass is 101 g/mol. The van der Waals surface area contributed by atoms with E-state index in [9.17, 15) is 0 Å². The van der Waals surface area contributed by atoms with Gasteiger partial charge in [0.25, 0.3) is 0 Å². The molecule has 2 nitrogen and oxygen atoms in total. The second-order valence-corrected chi connectivity index (χ2v) is 2.01. The summed E-state index contributed by atoms with van der Waals surface area (Å²) < 4.78 is 0. The highest BCUT2D eigenvalue weighted by Gasteiger charge is 2.27. The van der Waals surface area contributed by atoms with Crippen LogP contribution in [0.3, 0.4) is 0 Å². The van der Waals surface area contributed by atoms with Gasteiger partial charge in [0.2, 0.25) is 0 Å². The minimum atomic E-state index is -1.36. The Morgan fingerprint density at radius 2 is 2.14 bits per heavy atom. The first-order chi connectivity index (χ1) is 3.21. The van der Waals surface area contributed by atoms with Crippen LogP contribution in [0.5, 0.6) is 0 Å². The van der Waals surface area contributed by atoms with Crippen molar-refractivity contribution < 1.29 is 10.2 Å². The Labute approximate surface area is 42.8 Å². The molecule has 0 amide bonds. The quantitative estimate of drug-likeness (QED) is 0.423. The number of aliphatic hydroxyl groups is 2. The lowest BCUT2D eigenvalue weighted by molar-refractivity contribution is -0.150. The van der Waals surface area contributed by atoms with E-state index in [1.165, 1.54) is 0 Å². The molecule has 0 heterocycles. The molecule has 2 N–H and O–H groups in total. The van der Waals surface area contributed by atoms with Gasteiger partial charge in [-0.25, -0.2) is 0 Å². The van der Waals surface area contributed by atoms with Gasteiger partial charge in [0.15, 0.2) is 5.79 Å². The topological polar surface area (TPSA) is 40.5 Å². The Bertz CT molecular complexity index is 60.5. The maximum absolute atomic E-state index is 8.72. The van der Waals surface area contributed by atoms with E-state index in [1.807, 2.05) is 6.42 Å². The normalized spacial score (nSPS) is 28.3. The Morgan fingerprint density at radius 1 is 1.43 bits per heavy atom. The Kier molecular flexibility index (Phi) is 1.05. The highest BCUT2D eigenvalue weighted by molar-refractivity contribution is 4.84. The molecule has 0 aromatic rings. The van der Waals surface area contributed by atoms with Gasteiger partial charge in [0.05, 0.1) is 0 Å². The van der Waals surface area contributed by atoms with Crippen LogP contribution in [-0.4, -0.2) is 16.0 Å². The molecule has 0 bridgehead atoms. The van der Waals surface area contributed by atoms with Crippen molar-refractivity contribution in [2.45, 2.75) is 25.0 Å². The van der Waals surface area contributed by atoms with E-state index < -0.39 is 5.79 Å². The molecule has 1 fully saturated rings. The summed E-state index contributed by atoms with van der Waals surface area (Å²) in [5, 5.41) is 17.4. The van der Waals surface area contributed by atoms with Gasteiger partial charge in [0, 0.05) is 12.8 Å². The minimum Gasteiger partial charge on any atom is -0.366 e. The van der Waals surface area contributed by atoms with Crippen LogP contribution < -0.4 is 0 Å². The van der Waals surface area contributed by atoms with Crippen LogP contribution >= 0.6 is 0 Å². The summed E-state index contributed by atoms with van der Waals surface area (Å²) in [7, 11) is 0. The molecule has 7 heavy (non-hydrogen) atoms. The smallest absolute Gasteiger partial charge is 0.162 e. The summed E-state index contributed by atoms with van der Waals surface area (Å²) in [6, 6.07) is 0. The molecule has 1 radical (unpaired) electrons. The molecule has 0 aromatic carbocycles. The third kappa shape index (κ3) is 1.14. The van der Waals surface area contributed by atoms with Gasteiger partial charge >= 0.3 is 0 Å². The first kappa shape index (κ1) is 5.06. The van der Waals surface area contributed by atoms with E-state index in [0.717, 1.165) is 6.42 Å². The zero-order valence-corrected chi connectivity index (χ0v) is 4.09. The van der Waals surface area contributed by atoms with E-state index in [-0.39, 0.29) is 0 Å². The summed E-state index contributed by atoms with van der Waals surface area (Å²) in [6.07, 6.45) is 3.67. The molecule has 0 aliphatic heterocycles. The van der Waals surface area contributed by atoms with Crippen molar-refractivity contribution in [3.05, 3.63) is 6.42 Å². The maximum Gasteiger partial charge on any atom is 0.162 e. The second-order valence-electron chi connectivity index (χ2n) is 2.01. The van der Waals surface area contributed by atoms with Crippen LogP contribution in [-0.2, 0) is 0 Å². The van der Waals surface area contributed by atoms with Gasteiger partial charge in [-0.15, -0.1) is 0 Å². The lowest BCUT2D eigenvalue weighted by Crippen LogP contribution is -2.21. The molecule has 0 saturated heterocycles. The molecule has 1 aliphatic carbocycles. The fourth-order valence-electron chi connectivity index (χ4n) is 0.769. The maximum atomic E-state index is 8.72. The van der Waals surface area contributed by atoms with Crippen LogP contribution in [0.15, 0.2) is 0 Å². The summed E-state index contributed by atoms with van der Waals surface area (Å²) in [4.78, 5) is 0. The van der Waals surface area contributed by atoms with Crippen LogP contribution in [0.1, 0.15) is 19.3 Å². The molecule has 1 aliphatic rings. The molecular weight excluding hydrogens is 92.1 g/mol. The molecule has 0 aromatic heterocycles. The van der Waals surface area contributed by atoms with Gasteiger partial charge < -0.3 is 10.2 Å². The molecule has 0 atom stereocenters. The van der Waals surface area contributed by atoms with Gasteiger partial charge in [-0.05, 0) is 12.8 Å². The minimum absolute atomic E-state index is 0.438.